The van der Waals surface area contributed by atoms with Crippen LogP contribution in [0.1, 0.15) is 50.7 Å². The largest absolute Gasteiger partial charge is 0.236 e. The van der Waals surface area contributed by atoms with Crippen LogP contribution in [0.3, 0.4) is 0 Å². The molecule has 0 bridgehead atoms. The van der Waals surface area contributed by atoms with Gasteiger partial charge in [-0.1, -0.05) is 76.2 Å². The minimum atomic E-state index is 0.442. The van der Waals surface area contributed by atoms with Crippen LogP contribution in [0.4, 0.5) is 0 Å². The lowest BCUT2D eigenvalue weighted by atomic mass is 9.88. The van der Waals surface area contributed by atoms with E-state index in [9.17, 15) is 0 Å². The first-order chi connectivity index (χ1) is 12.6. The molecule has 1 aromatic heterocycles. The molecular weight excluding hydrogens is 316 g/mol. The number of fused-ring (bicyclic) bond motifs is 3. The van der Waals surface area contributed by atoms with Crippen LogP contribution in [-0.4, -0.2) is 9.97 Å². The molecule has 130 valence electrons. The molecule has 2 heteroatoms. The first-order valence-electron chi connectivity index (χ1n) is 9.33. The summed E-state index contributed by atoms with van der Waals surface area (Å²) >= 11 is 0. The van der Waals surface area contributed by atoms with Gasteiger partial charge in [0.05, 0.1) is 11.2 Å². The monoisotopic (exact) mass is 340 g/mol. The van der Waals surface area contributed by atoms with Gasteiger partial charge in [-0.3, -0.25) is 0 Å². The van der Waals surface area contributed by atoms with E-state index in [1.54, 1.807) is 6.33 Å². The molecule has 0 saturated heterocycles. The third-order valence-corrected chi connectivity index (χ3v) is 5.11. The molecule has 0 amide bonds. The molecule has 26 heavy (non-hydrogen) atoms. The maximum Gasteiger partial charge on any atom is 0.116 e. The van der Waals surface area contributed by atoms with E-state index in [1.807, 2.05) is 6.07 Å². The summed E-state index contributed by atoms with van der Waals surface area (Å²) < 4.78 is 0. The minimum Gasteiger partial charge on any atom is -0.236 e. The van der Waals surface area contributed by atoms with Crippen LogP contribution in [-0.2, 0) is 0 Å². The Morgan fingerprint density at radius 2 is 1.54 bits per heavy atom. The summed E-state index contributed by atoms with van der Waals surface area (Å²) in [7, 11) is 0. The summed E-state index contributed by atoms with van der Waals surface area (Å²) in [5.74, 6) is 0.954. The molecule has 0 fully saturated rings. The number of hydrogen-bond donors (Lipinski definition) is 0. The van der Waals surface area contributed by atoms with Crippen LogP contribution in [0.15, 0.2) is 60.9 Å². The molecule has 3 aromatic carbocycles. The summed E-state index contributed by atoms with van der Waals surface area (Å²) in [6.07, 6.45) is 1.70. The van der Waals surface area contributed by atoms with Crippen molar-refractivity contribution in [1.29, 1.82) is 0 Å². The zero-order valence-corrected chi connectivity index (χ0v) is 15.8. The maximum absolute atomic E-state index is 4.70. The molecular formula is C24H24N2. The van der Waals surface area contributed by atoms with E-state index < -0.39 is 0 Å². The molecule has 4 rings (SSSR count). The summed E-state index contributed by atoms with van der Waals surface area (Å²) in [6.45, 7) is 9.03. The van der Waals surface area contributed by atoms with Crippen molar-refractivity contribution < 1.29 is 0 Å². The molecule has 0 aliphatic carbocycles. The predicted molar refractivity (Wildman–Crippen MR) is 111 cm³/mol. The molecule has 4 aromatic rings. The SMILES string of the molecule is CC(C)c1cc(C(C)C)c2c(ccc3c(-c4ccccc4)ncnc32)c1. The highest BCUT2D eigenvalue weighted by molar-refractivity contribution is 6.10. The van der Waals surface area contributed by atoms with Gasteiger partial charge in [-0.05, 0) is 34.4 Å². The van der Waals surface area contributed by atoms with E-state index in [1.165, 1.54) is 21.9 Å². The molecule has 0 aliphatic rings. The topological polar surface area (TPSA) is 25.8 Å². The van der Waals surface area contributed by atoms with E-state index >= 15 is 0 Å². The van der Waals surface area contributed by atoms with Crippen molar-refractivity contribution in [3.8, 4) is 11.3 Å². The molecule has 0 spiro atoms. The summed E-state index contributed by atoms with van der Waals surface area (Å²) in [5.41, 5.74) is 5.94. The van der Waals surface area contributed by atoms with Gasteiger partial charge in [0, 0.05) is 16.3 Å². The average Bonchev–Trinajstić information content (AvgIpc) is 2.66. The Morgan fingerprint density at radius 1 is 0.769 bits per heavy atom. The molecule has 0 radical (unpaired) electrons. The second-order valence-corrected chi connectivity index (χ2v) is 7.57. The Labute approximate surface area is 154 Å². The molecule has 2 nitrogen and oxygen atoms in total. The van der Waals surface area contributed by atoms with Crippen molar-refractivity contribution in [3.05, 3.63) is 72.1 Å². The lowest BCUT2D eigenvalue weighted by Crippen LogP contribution is -1.98. The molecule has 0 aliphatic heterocycles. The van der Waals surface area contributed by atoms with Gasteiger partial charge in [-0.25, -0.2) is 9.97 Å². The number of benzene rings is 3. The van der Waals surface area contributed by atoms with E-state index in [-0.39, 0.29) is 0 Å². The maximum atomic E-state index is 4.70. The third kappa shape index (κ3) is 2.76. The first-order valence-corrected chi connectivity index (χ1v) is 9.33. The standard InChI is InChI=1S/C24H24N2/c1-15(2)19-12-18-10-11-20-23(17-8-6-5-7-9-17)25-14-26-24(20)22(18)21(13-19)16(3)4/h5-16H,1-4H3. The fourth-order valence-electron chi connectivity index (χ4n) is 3.66. The van der Waals surface area contributed by atoms with Crippen molar-refractivity contribution >= 4 is 21.7 Å². The number of aromatic nitrogens is 2. The highest BCUT2D eigenvalue weighted by atomic mass is 14.8. The summed E-state index contributed by atoms with van der Waals surface area (Å²) in [4.78, 5) is 9.30. The summed E-state index contributed by atoms with van der Waals surface area (Å²) in [5, 5.41) is 3.65. The van der Waals surface area contributed by atoms with E-state index in [2.05, 4.69) is 81.2 Å². The molecule has 0 atom stereocenters. The highest BCUT2D eigenvalue weighted by Gasteiger charge is 2.15. The Morgan fingerprint density at radius 3 is 2.23 bits per heavy atom. The zero-order chi connectivity index (χ0) is 18.3. The molecule has 0 unspecified atom stereocenters. The van der Waals surface area contributed by atoms with Crippen LogP contribution in [0, 0.1) is 0 Å². The average molecular weight is 340 g/mol. The predicted octanol–water partition coefficient (Wildman–Crippen LogP) is 6.70. The first kappa shape index (κ1) is 16.7. The van der Waals surface area contributed by atoms with Crippen molar-refractivity contribution in [2.45, 2.75) is 39.5 Å². The van der Waals surface area contributed by atoms with Crippen molar-refractivity contribution in [1.82, 2.24) is 9.97 Å². The van der Waals surface area contributed by atoms with Crippen molar-refractivity contribution in [3.63, 3.8) is 0 Å². The Hall–Kier alpha value is -2.74. The van der Waals surface area contributed by atoms with Gasteiger partial charge in [0.1, 0.15) is 6.33 Å². The van der Waals surface area contributed by atoms with E-state index in [4.69, 9.17) is 4.98 Å². The number of nitrogens with zero attached hydrogens (tertiary/aromatic N) is 2. The molecule has 0 N–H and O–H groups in total. The van der Waals surface area contributed by atoms with Crippen molar-refractivity contribution in [2.24, 2.45) is 0 Å². The fourth-order valence-corrected chi connectivity index (χ4v) is 3.66. The summed E-state index contributed by atoms with van der Waals surface area (Å²) in [6, 6.07) is 19.4. The molecule has 0 saturated carbocycles. The second kappa shape index (κ2) is 6.53. The van der Waals surface area contributed by atoms with Gasteiger partial charge >= 0.3 is 0 Å². The second-order valence-electron chi connectivity index (χ2n) is 7.57. The van der Waals surface area contributed by atoms with Gasteiger partial charge in [-0.2, -0.15) is 0 Å². The van der Waals surface area contributed by atoms with Gasteiger partial charge in [0.25, 0.3) is 0 Å². The number of rotatable bonds is 3. The Kier molecular flexibility index (Phi) is 4.20. The Bertz CT molecular complexity index is 1080. The van der Waals surface area contributed by atoms with Crippen LogP contribution in [0.25, 0.3) is 32.9 Å². The highest BCUT2D eigenvalue weighted by Crippen LogP contribution is 2.36. The lowest BCUT2D eigenvalue weighted by Gasteiger charge is -2.17. The van der Waals surface area contributed by atoms with E-state index in [0.717, 1.165) is 22.2 Å². The Balaban J connectivity index is 2.10. The van der Waals surface area contributed by atoms with Crippen LogP contribution in [0.2, 0.25) is 0 Å². The van der Waals surface area contributed by atoms with Crippen LogP contribution < -0.4 is 0 Å². The lowest BCUT2D eigenvalue weighted by molar-refractivity contribution is 0.842. The van der Waals surface area contributed by atoms with E-state index in [0.29, 0.717) is 11.8 Å². The fraction of sp³-hybridized carbons (Fsp3) is 0.250. The van der Waals surface area contributed by atoms with Crippen LogP contribution in [0.5, 0.6) is 0 Å². The minimum absolute atomic E-state index is 0.442. The quantitative estimate of drug-likeness (QED) is 0.388. The van der Waals surface area contributed by atoms with Gasteiger partial charge in [-0.15, -0.1) is 0 Å². The van der Waals surface area contributed by atoms with Gasteiger partial charge < -0.3 is 0 Å². The molecule has 1 heterocycles. The normalized spacial score (nSPS) is 11.8. The van der Waals surface area contributed by atoms with Crippen molar-refractivity contribution in [2.75, 3.05) is 0 Å². The van der Waals surface area contributed by atoms with Gasteiger partial charge in [0.2, 0.25) is 0 Å². The number of hydrogen-bond acceptors (Lipinski definition) is 2. The third-order valence-electron chi connectivity index (χ3n) is 5.11. The zero-order valence-electron chi connectivity index (χ0n) is 15.8. The van der Waals surface area contributed by atoms with Crippen LogP contribution >= 0.6 is 0 Å². The van der Waals surface area contributed by atoms with Gasteiger partial charge in [0.15, 0.2) is 0 Å². The smallest absolute Gasteiger partial charge is 0.116 e.